The summed E-state index contributed by atoms with van der Waals surface area (Å²) in [5.41, 5.74) is 1.31. The Hall–Kier alpha value is -2.30. The first-order valence-corrected chi connectivity index (χ1v) is 6.40. The number of carboxylic acids is 1. The fourth-order valence-electron chi connectivity index (χ4n) is 1.53. The molecular formula is C15H19NO4. The molecule has 1 aromatic rings. The van der Waals surface area contributed by atoms with Gasteiger partial charge in [0, 0.05) is 6.08 Å². The van der Waals surface area contributed by atoms with Crippen LogP contribution < -0.4 is 10.1 Å². The van der Waals surface area contributed by atoms with Gasteiger partial charge in [-0.05, 0) is 38.5 Å². The second-order valence-electron chi connectivity index (χ2n) is 4.58. The van der Waals surface area contributed by atoms with Gasteiger partial charge in [0.05, 0.1) is 17.9 Å². The van der Waals surface area contributed by atoms with E-state index in [4.69, 9.17) is 9.84 Å². The van der Waals surface area contributed by atoms with Crippen molar-refractivity contribution in [3.63, 3.8) is 0 Å². The van der Waals surface area contributed by atoms with Crippen molar-refractivity contribution in [2.75, 3.05) is 11.9 Å². The molecule has 108 valence electrons. The lowest BCUT2D eigenvalue weighted by Crippen LogP contribution is -2.11. The van der Waals surface area contributed by atoms with Crippen LogP contribution in [-0.4, -0.2) is 23.6 Å². The van der Waals surface area contributed by atoms with Gasteiger partial charge in [-0.3, -0.25) is 4.79 Å². The van der Waals surface area contributed by atoms with Crippen LogP contribution in [0, 0.1) is 0 Å². The number of benzene rings is 1. The number of carbonyl (C=O) groups is 2. The Kier molecular flexibility index (Phi) is 5.77. The summed E-state index contributed by atoms with van der Waals surface area (Å²) in [5.74, 6) is -0.897. The lowest BCUT2D eigenvalue weighted by molar-refractivity contribution is -0.112. The number of carbonyl (C=O) groups excluding carboxylic acids is 1. The number of carboxylic acid groups (broad SMARTS) is 1. The van der Waals surface area contributed by atoms with Gasteiger partial charge >= 0.3 is 5.97 Å². The van der Waals surface area contributed by atoms with Gasteiger partial charge in [0.2, 0.25) is 5.91 Å². The molecule has 0 atom stereocenters. The smallest absolute Gasteiger partial charge is 0.335 e. The molecule has 0 unspecified atom stereocenters. The summed E-state index contributed by atoms with van der Waals surface area (Å²) < 4.78 is 5.50. The Balaban J connectivity index is 3.04. The van der Waals surface area contributed by atoms with Crippen LogP contribution in [0.25, 0.3) is 0 Å². The maximum absolute atomic E-state index is 11.7. The van der Waals surface area contributed by atoms with E-state index in [0.29, 0.717) is 18.0 Å². The maximum Gasteiger partial charge on any atom is 0.335 e. The van der Waals surface area contributed by atoms with Gasteiger partial charge in [0.25, 0.3) is 0 Å². The third-order valence-electron chi connectivity index (χ3n) is 2.37. The monoisotopic (exact) mass is 277 g/mol. The van der Waals surface area contributed by atoms with Crippen molar-refractivity contribution in [3.05, 3.63) is 35.4 Å². The summed E-state index contributed by atoms with van der Waals surface area (Å²) in [6, 6.07) is 4.39. The van der Waals surface area contributed by atoms with E-state index in [1.54, 1.807) is 6.07 Å². The van der Waals surface area contributed by atoms with Crippen LogP contribution in [0.2, 0.25) is 0 Å². The van der Waals surface area contributed by atoms with Crippen molar-refractivity contribution in [3.8, 4) is 5.75 Å². The normalized spacial score (nSPS) is 9.75. The van der Waals surface area contributed by atoms with E-state index in [0.717, 1.165) is 12.0 Å². The van der Waals surface area contributed by atoms with Gasteiger partial charge in [0.1, 0.15) is 5.75 Å². The quantitative estimate of drug-likeness (QED) is 0.783. The van der Waals surface area contributed by atoms with Gasteiger partial charge in [-0.1, -0.05) is 12.5 Å². The largest absolute Gasteiger partial charge is 0.491 e. The van der Waals surface area contributed by atoms with Crippen LogP contribution in [0.1, 0.15) is 37.6 Å². The van der Waals surface area contributed by atoms with Crippen molar-refractivity contribution in [2.45, 2.75) is 27.2 Å². The molecule has 0 aromatic heterocycles. The number of rotatable bonds is 6. The molecule has 0 spiro atoms. The number of ether oxygens (including phenoxy) is 1. The molecule has 0 fully saturated rings. The molecule has 5 heteroatoms. The number of allylic oxidation sites excluding steroid dienone is 1. The first-order valence-electron chi connectivity index (χ1n) is 6.40. The molecule has 1 rings (SSSR count). The Labute approximate surface area is 118 Å². The summed E-state index contributed by atoms with van der Waals surface area (Å²) in [5, 5.41) is 11.6. The predicted octanol–water partition coefficient (Wildman–Crippen LogP) is 3.08. The van der Waals surface area contributed by atoms with Crippen LogP contribution in [0.15, 0.2) is 29.8 Å². The van der Waals surface area contributed by atoms with Crippen LogP contribution >= 0.6 is 0 Å². The Morgan fingerprint density at radius 2 is 2.05 bits per heavy atom. The van der Waals surface area contributed by atoms with Crippen molar-refractivity contribution in [2.24, 2.45) is 0 Å². The molecule has 0 saturated heterocycles. The molecule has 1 aromatic carbocycles. The summed E-state index contributed by atoms with van der Waals surface area (Å²) in [6.45, 7) is 6.08. The molecule has 0 radical (unpaired) electrons. The average molecular weight is 277 g/mol. The van der Waals surface area contributed by atoms with E-state index in [9.17, 15) is 9.59 Å². The highest BCUT2D eigenvalue weighted by atomic mass is 16.5. The first kappa shape index (κ1) is 15.8. The molecule has 1 amide bonds. The number of hydrogen-bond acceptors (Lipinski definition) is 3. The molecule has 5 nitrogen and oxygen atoms in total. The van der Waals surface area contributed by atoms with Crippen molar-refractivity contribution < 1.29 is 19.4 Å². The number of nitrogens with one attached hydrogen (secondary N) is 1. The molecule has 0 aliphatic rings. The van der Waals surface area contributed by atoms with E-state index in [1.807, 2.05) is 20.8 Å². The Morgan fingerprint density at radius 1 is 1.35 bits per heavy atom. The van der Waals surface area contributed by atoms with Crippen molar-refractivity contribution in [1.29, 1.82) is 0 Å². The summed E-state index contributed by atoms with van der Waals surface area (Å²) >= 11 is 0. The summed E-state index contributed by atoms with van der Waals surface area (Å²) in [4.78, 5) is 22.7. The number of anilines is 1. The van der Waals surface area contributed by atoms with Gasteiger partial charge in [-0.2, -0.15) is 0 Å². The molecule has 2 N–H and O–H groups in total. The lowest BCUT2D eigenvalue weighted by Gasteiger charge is -2.12. The van der Waals surface area contributed by atoms with E-state index in [1.165, 1.54) is 18.2 Å². The fourth-order valence-corrected chi connectivity index (χ4v) is 1.53. The molecule has 20 heavy (non-hydrogen) atoms. The van der Waals surface area contributed by atoms with E-state index in [2.05, 4.69) is 5.32 Å². The van der Waals surface area contributed by atoms with E-state index < -0.39 is 5.97 Å². The minimum atomic E-state index is -1.05. The van der Waals surface area contributed by atoms with Crippen LogP contribution in [0.5, 0.6) is 5.75 Å². The minimum Gasteiger partial charge on any atom is -0.491 e. The van der Waals surface area contributed by atoms with Crippen LogP contribution in [-0.2, 0) is 4.79 Å². The third kappa shape index (κ3) is 4.76. The molecule has 0 aliphatic heterocycles. The zero-order valence-electron chi connectivity index (χ0n) is 11.9. The highest BCUT2D eigenvalue weighted by molar-refractivity contribution is 6.01. The van der Waals surface area contributed by atoms with Crippen LogP contribution in [0.3, 0.4) is 0 Å². The Morgan fingerprint density at radius 3 is 2.60 bits per heavy atom. The summed E-state index contributed by atoms with van der Waals surface area (Å²) in [7, 11) is 0. The number of amides is 1. The van der Waals surface area contributed by atoms with Gasteiger partial charge < -0.3 is 15.2 Å². The van der Waals surface area contributed by atoms with E-state index >= 15 is 0 Å². The first-order chi connectivity index (χ1) is 9.43. The third-order valence-corrected chi connectivity index (χ3v) is 2.37. The van der Waals surface area contributed by atoms with Gasteiger partial charge in [-0.25, -0.2) is 4.79 Å². The van der Waals surface area contributed by atoms with Gasteiger partial charge in [-0.15, -0.1) is 0 Å². The lowest BCUT2D eigenvalue weighted by atomic mass is 10.2. The molecule has 0 saturated carbocycles. The highest BCUT2D eigenvalue weighted by Gasteiger charge is 2.11. The molecule has 0 heterocycles. The predicted molar refractivity (Wildman–Crippen MR) is 77.2 cm³/mol. The SMILES string of the molecule is CCCOc1ccc(C(=O)O)cc1NC(=O)C=C(C)C. The zero-order chi connectivity index (χ0) is 15.1. The second-order valence-corrected chi connectivity index (χ2v) is 4.58. The highest BCUT2D eigenvalue weighted by Crippen LogP contribution is 2.26. The average Bonchev–Trinajstić information content (AvgIpc) is 2.35. The summed E-state index contributed by atoms with van der Waals surface area (Å²) in [6.07, 6.45) is 2.26. The maximum atomic E-state index is 11.7. The fraction of sp³-hybridized carbons (Fsp3) is 0.333. The molecule has 0 aliphatic carbocycles. The molecular weight excluding hydrogens is 258 g/mol. The van der Waals surface area contributed by atoms with Crippen LogP contribution in [0.4, 0.5) is 5.69 Å². The number of hydrogen-bond donors (Lipinski definition) is 2. The second kappa shape index (κ2) is 7.33. The minimum absolute atomic E-state index is 0.0985. The topological polar surface area (TPSA) is 75.6 Å². The molecule has 0 bridgehead atoms. The Bertz CT molecular complexity index is 531. The zero-order valence-corrected chi connectivity index (χ0v) is 11.9. The van der Waals surface area contributed by atoms with E-state index in [-0.39, 0.29) is 11.5 Å². The van der Waals surface area contributed by atoms with Gasteiger partial charge in [0.15, 0.2) is 0 Å². The van der Waals surface area contributed by atoms with Crippen molar-refractivity contribution in [1.82, 2.24) is 0 Å². The number of aromatic carboxylic acids is 1. The van der Waals surface area contributed by atoms with Crippen molar-refractivity contribution >= 4 is 17.6 Å². The standard InChI is InChI=1S/C15H19NO4/c1-4-7-20-13-6-5-11(15(18)19)9-12(13)16-14(17)8-10(2)3/h5-6,8-9H,4,7H2,1-3H3,(H,16,17)(H,18,19).